The topological polar surface area (TPSA) is 58.6 Å². The van der Waals surface area contributed by atoms with Crippen molar-refractivity contribution in [2.45, 2.75) is 25.7 Å². The van der Waals surface area contributed by atoms with Crippen molar-refractivity contribution in [1.82, 2.24) is 4.90 Å². The Hall–Kier alpha value is -1.40. The van der Waals surface area contributed by atoms with Gasteiger partial charge in [-0.3, -0.25) is 9.59 Å². The molecule has 2 rings (SSSR count). The van der Waals surface area contributed by atoms with E-state index in [1.54, 1.807) is 37.1 Å². The second-order valence-electron chi connectivity index (χ2n) is 6.21. The molecule has 0 bridgehead atoms. The largest absolute Gasteiger partial charge is 0.495 e. The molecule has 0 spiro atoms. The maximum absolute atomic E-state index is 12.3. The van der Waals surface area contributed by atoms with Gasteiger partial charge in [0.15, 0.2) is 0 Å². The Morgan fingerprint density at radius 2 is 2.24 bits per heavy atom. The van der Waals surface area contributed by atoms with Crippen LogP contribution in [0.3, 0.4) is 0 Å². The molecule has 2 amide bonds. The minimum atomic E-state index is -0.0619. The second kappa shape index (κ2) is 9.92. The SMILES string of the molecule is COc1ccc(Cl)cc1NC(=O)CCC1CCCN(C(=O)CSC)C1. The van der Waals surface area contributed by atoms with Crippen molar-refractivity contribution < 1.29 is 14.3 Å². The van der Waals surface area contributed by atoms with Crippen LogP contribution in [0.25, 0.3) is 0 Å². The predicted molar refractivity (Wildman–Crippen MR) is 104 cm³/mol. The van der Waals surface area contributed by atoms with Crippen LogP contribution in [0, 0.1) is 5.92 Å². The molecule has 1 N–H and O–H groups in total. The van der Waals surface area contributed by atoms with E-state index in [4.69, 9.17) is 16.3 Å². The summed E-state index contributed by atoms with van der Waals surface area (Å²) in [5.41, 5.74) is 0.584. The summed E-state index contributed by atoms with van der Waals surface area (Å²) in [6.45, 7) is 1.59. The number of carbonyl (C=O) groups excluding carboxylic acids is 2. The van der Waals surface area contributed by atoms with Gasteiger partial charge in [0, 0.05) is 24.5 Å². The Kier molecular flexibility index (Phi) is 7.90. The van der Waals surface area contributed by atoms with Crippen LogP contribution < -0.4 is 10.1 Å². The number of nitrogens with one attached hydrogen (secondary N) is 1. The number of nitrogens with zero attached hydrogens (tertiary/aromatic N) is 1. The summed E-state index contributed by atoms with van der Waals surface area (Å²) in [6.07, 6.45) is 5.21. The summed E-state index contributed by atoms with van der Waals surface area (Å²) in [5.74, 6) is 1.64. The Labute approximate surface area is 158 Å². The van der Waals surface area contributed by atoms with Crippen LogP contribution in [0.1, 0.15) is 25.7 Å². The van der Waals surface area contributed by atoms with E-state index < -0.39 is 0 Å². The lowest BCUT2D eigenvalue weighted by Crippen LogP contribution is -2.41. The second-order valence-corrected chi connectivity index (χ2v) is 7.51. The number of hydrogen-bond donors (Lipinski definition) is 1. The number of piperidine rings is 1. The van der Waals surface area contributed by atoms with E-state index in [0.29, 0.717) is 34.6 Å². The zero-order valence-electron chi connectivity index (χ0n) is 14.7. The minimum Gasteiger partial charge on any atom is -0.495 e. The fraction of sp³-hybridized carbons (Fsp3) is 0.556. The highest BCUT2D eigenvalue weighted by atomic mass is 35.5. The zero-order chi connectivity index (χ0) is 18.2. The number of ether oxygens (including phenoxy) is 1. The molecule has 1 aromatic carbocycles. The Morgan fingerprint density at radius 1 is 1.44 bits per heavy atom. The summed E-state index contributed by atoms with van der Waals surface area (Å²) in [7, 11) is 1.56. The quantitative estimate of drug-likeness (QED) is 0.779. The van der Waals surface area contributed by atoms with Gasteiger partial charge in [-0.05, 0) is 49.6 Å². The minimum absolute atomic E-state index is 0.0619. The molecule has 1 aliphatic rings. The lowest BCUT2D eigenvalue weighted by Gasteiger charge is -2.32. The maximum Gasteiger partial charge on any atom is 0.232 e. The number of rotatable bonds is 7. The molecule has 1 fully saturated rings. The van der Waals surface area contributed by atoms with Gasteiger partial charge in [0.05, 0.1) is 18.6 Å². The third kappa shape index (κ3) is 6.12. The van der Waals surface area contributed by atoms with Crippen LogP contribution in [-0.4, -0.2) is 48.9 Å². The first-order valence-corrected chi connectivity index (χ1v) is 10.2. The van der Waals surface area contributed by atoms with Crippen molar-refractivity contribution in [3.8, 4) is 5.75 Å². The molecular formula is C18H25ClN2O3S. The van der Waals surface area contributed by atoms with Gasteiger partial charge in [0.1, 0.15) is 5.75 Å². The van der Waals surface area contributed by atoms with Crippen LogP contribution in [-0.2, 0) is 9.59 Å². The fourth-order valence-electron chi connectivity index (χ4n) is 3.07. The molecule has 0 aromatic heterocycles. The normalized spacial score (nSPS) is 17.2. The van der Waals surface area contributed by atoms with Gasteiger partial charge in [-0.25, -0.2) is 0 Å². The number of hydrogen-bond acceptors (Lipinski definition) is 4. The third-order valence-electron chi connectivity index (χ3n) is 4.35. The monoisotopic (exact) mass is 384 g/mol. The first-order chi connectivity index (χ1) is 12.0. The summed E-state index contributed by atoms with van der Waals surface area (Å²) in [4.78, 5) is 26.2. The number of likely N-dealkylation sites (tertiary alicyclic amines) is 1. The van der Waals surface area contributed by atoms with Crippen LogP contribution in [0.5, 0.6) is 5.75 Å². The average molecular weight is 385 g/mol. The molecule has 0 radical (unpaired) electrons. The van der Waals surface area contributed by atoms with Crippen molar-refractivity contribution in [2.75, 3.05) is 37.5 Å². The molecule has 1 heterocycles. The van der Waals surface area contributed by atoms with Crippen LogP contribution in [0.15, 0.2) is 18.2 Å². The van der Waals surface area contributed by atoms with E-state index in [1.165, 1.54) is 0 Å². The van der Waals surface area contributed by atoms with E-state index in [2.05, 4.69) is 5.32 Å². The highest BCUT2D eigenvalue weighted by Crippen LogP contribution is 2.28. The molecule has 1 aromatic rings. The van der Waals surface area contributed by atoms with E-state index in [1.807, 2.05) is 11.2 Å². The average Bonchev–Trinajstić information content (AvgIpc) is 2.61. The Morgan fingerprint density at radius 3 is 2.96 bits per heavy atom. The lowest BCUT2D eigenvalue weighted by atomic mass is 9.93. The molecule has 25 heavy (non-hydrogen) atoms. The molecule has 1 atom stereocenters. The van der Waals surface area contributed by atoms with Gasteiger partial charge in [0.25, 0.3) is 0 Å². The van der Waals surface area contributed by atoms with Crippen molar-refractivity contribution >= 4 is 40.9 Å². The van der Waals surface area contributed by atoms with Gasteiger partial charge in [0.2, 0.25) is 11.8 Å². The van der Waals surface area contributed by atoms with Gasteiger partial charge in [-0.1, -0.05) is 11.6 Å². The smallest absolute Gasteiger partial charge is 0.232 e. The Balaban J connectivity index is 1.83. The first kappa shape index (κ1) is 19.9. The molecule has 0 saturated carbocycles. The molecule has 5 nitrogen and oxygen atoms in total. The summed E-state index contributed by atoms with van der Waals surface area (Å²) in [6, 6.07) is 5.13. The van der Waals surface area contributed by atoms with Gasteiger partial charge < -0.3 is 15.0 Å². The van der Waals surface area contributed by atoms with Gasteiger partial charge in [-0.2, -0.15) is 11.8 Å². The highest BCUT2D eigenvalue weighted by Gasteiger charge is 2.23. The maximum atomic E-state index is 12.3. The number of amides is 2. The number of benzene rings is 1. The van der Waals surface area contributed by atoms with E-state index >= 15 is 0 Å². The zero-order valence-corrected chi connectivity index (χ0v) is 16.3. The number of carbonyl (C=O) groups is 2. The predicted octanol–water partition coefficient (Wildman–Crippen LogP) is 3.67. The number of halogens is 1. The molecule has 0 aliphatic carbocycles. The van der Waals surface area contributed by atoms with Crippen LogP contribution in [0.4, 0.5) is 5.69 Å². The van der Waals surface area contributed by atoms with Crippen molar-refractivity contribution in [2.24, 2.45) is 5.92 Å². The lowest BCUT2D eigenvalue weighted by molar-refractivity contribution is -0.130. The van der Waals surface area contributed by atoms with Crippen molar-refractivity contribution in [1.29, 1.82) is 0 Å². The summed E-state index contributed by atoms with van der Waals surface area (Å²) < 4.78 is 5.24. The molecule has 7 heteroatoms. The third-order valence-corrected chi connectivity index (χ3v) is 5.13. The number of anilines is 1. The molecule has 138 valence electrons. The van der Waals surface area contributed by atoms with Crippen molar-refractivity contribution in [3.05, 3.63) is 23.2 Å². The van der Waals surface area contributed by atoms with Crippen LogP contribution in [0.2, 0.25) is 5.02 Å². The van der Waals surface area contributed by atoms with E-state index in [9.17, 15) is 9.59 Å². The van der Waals surface area contributed by atoms with Crippen LogP contribution >= 0.6 is 23.4 Å². The number of thioether (sulfide) groups is 1. The molecule has 1 unspecified atom stereocenters. The highest BCUT2D eigenvalue weighted by molar-refractivity contribution is 7.99. The summed E-state index contributed by atoms with van der Waals surface area (Å²) >= 11 is 7.53. The molecule has 1 aliphatic heterocycles. The fourth-order valence-corrected chi connectivity index (χ4v) is 3.67. The molecular weight excluding hydrogens is 360 g/mol. The van der Waals surface area contributed by atoms with Crippen molar-refractivity contribution in [3.63, 3.8) is 0 Å². The molecule has 1 saturated heterocycles. The number of methoxy groups -OCH3 is 1. The summed E-state index contributed by atoms with van der Waals surface area (Å²) in [5, 5.41) is 3.41. The van der Waals surface area contributed by atoms with Gasteiger partial charge >= 0.3 is 0 Å². The van der Waals surface area contributed by atoms with E-state index in [0.717, 1.165) is 32.4 Å². The van der Waals surface area contributed by atoms with Gasteiger partial charge in [-0.15, -0.1) is 0 Å². The standard InChI is InChI=1S/C18H25ClN2O3S/c1-24-16-7-6-14(19)10-15(16)20-17(22)8-5-13-4-3-9-21(11-13)18(23)12-25-2/h6-7,10,13H,3-5,8-9,11-12H2,1-2H3,(H,20,22). The Bertz CT molecular complexity index is 612. The van der Waals surface area contributed by atoms with E-state index in [-0.39, 0.29) is 11.8 Å². The first-order valence-electron chi connectivity index (χ1n) is 8.43.